The lowest BCUT2D eigenvalue weighted by molar-refractivity contribution is 0.383. The Hall–Kier alpha value is -1.27. The van der Waals surface area contributed by atoms with E-state index >= 15 is 0 Å². The lowest BCUT2D eigenvalue weighted by Crippen LogP contribution is -2.05. The van der Waals surface area contributed by atoms with Crippen LogP contribution in [0.3, 0.4) is 0 Å². The van der Waals surface area contributed by atoms with Crippen LogP contribution in [0.2, 0.25) is 0 Å². The molecule has 0 amide bonds. The van der Waals surface area contributed by atoms with Crippen molar-refractivity contribution in [3.05, 3.63) is 29.6 Å². The number of nitriles is 1. The van der Waals surface area contributed by atoms with E-state index in [1.54, 1.807) is 18.2 Å². The van der Waals surface area contributed by atoms with E-state index < -0.39 is 5.82 Å². The van der Waals surface area contributed by atoms with E-state index in [1.807, 2.05) is 6.07 Å². The summed E-state index contributed by atoms with van der Waals surface area (Å²) in [4.78, 5) is 0. The van der Waals surface area contributed by atoms with Gasteiger partial charge in [-0.15, -0.1) is 11.6 Å². The summed E-state index contributed by atoms with van der Waals surface area (Å²) in [6, 6.07) is 6.90. The second-order valence-corrected chi connectivity index (χ2v) is 3.43. The van der Waals surface area contributed by atoms with E-state index in [4.69, 9.17) is 21.6 Å². The van der Waals surface area contributed by atoms with Gasteiger partial charge in [0.2, 0.25) is 0 Å². The molecule has 0 spiro atoms. The van der Waals surface area contributed by atoms with Crippen molar-refractivity contribution in [2.75, 3.05) is 13.0 Å². The first-order valence-corrected chi connectivity index (χ1v) is 5.03. The molecule has 15 heavy (non-hydrogen) atoms. The van der Waals surface area contributed by atoms with Gasteiger partial charge in [-0.2, -0.15) is 5.26 Å². The van der Waals surface area contributed by atoms with Gasteiger partial charge in [-0.1, -0.05) is 12.1 Å². The fourth-order valence-electron chi connectivity index (χ4n) is 1.27. The van der Waals surface area contributed by atoms with Gasteiger partial charge in [-0.25, -0.2) is 4.39 Å². The van der Waals surface area contributed by atoms with Gasteiger partial charge in [0.05, 0.1) is 19.1 Å². The summed E-state index contributed by atoms with van der Waals surface area (Å²) in [7, 11) is 1.41. The van der Waals surface area contributed by atoms with Crippen molar-refractivity contribution >= 4 is 11.6 Å². The minimum atomic E-state index is -0.412. The lowest BCUT2D eigenvalue weighted by atomic mass is 10.0. The van der Waals surface area contributed by atoms with Gasteiger partial charge in [-0.3, -0.25) is 0 Å². The van der Waals surface area contributed by atoms with E-state index in [0.29, 0.717) is 12.0 Å². The molecule has 0 saturated heterocycles. The molecule has 0 heterocycles. The van der Waals surface area contributed by atoms with Crippen LogP contribution in [0.1, 0.15) is 5.56 Å². The van der Waals surface area contributed by atoms with Gasteiger partial charge in [0, 0.05) is 5.88 Å². The smallest absolute Gasteiger partial charge is 0.168 e. The molecule has 0 aliphatic heterocycles. The third-order valence-electron chi connectivity index (χ3n) is 2.10. The second kappa shape index (κ2) is 5.57. The topological polar surface area (TPSA) is 33.0 Å². The molecule has 80 valence electrons. The molecular weight excluding hydrogens is 217 g/mol. The van der Waals surface area contributed by atoms with Crippen molar-refractivity contribution < 1.29 is 9.13 Å². The van der Waals surface area contributed by atoms with E-state index in [0.717, 1.165) is 0 Å². The zero-order valence-electron chi connectivity index (χ0n) is 8.34. The molecule has 1 unspecified atom stereocenters. The first-order valence-electron chi connectivity index (χ1n) is 4.49. The van der Waals surface area contributed by atoms with Crippen LogP contribution in [0.5, 0.6) is 5.75 Å². The lowest BCUT2D eigenvalue weighted by Gasteiger charge is -2.08. The van der Waals surface area contributed by atoms with Crippen LogP contribution in [-0.2, 0) is 6.42 Å². The Morgan fingerprint density at radius 1 is 1.60 bits per heavy atom. The van der Waals surface area contributed by atoms with Crippen molar-refractivity contribution in [2.45, 2.75) is 6.42 Å². The number of rotatable bonds is 4. The van der Waals surface area contributed by atoms with Crippen molar-refractivity contribution in [1.29, 1.82) is 5.26 Å². The van der Waals surface area contributed by atoms with Gasteiger partial charge < -0.3 is 4.74 Å². The zero-order valence-corrected chi connectivity index (χ0v) is 9.09. The van der Waals surface area contributed by atoms with Gasteiger partial charge in [0.15, 0.2) is 11.6 Å². The monoisotopic (exact) mass is 227 g/mol. The summed E-state index contributed by atoms with van der Waals surface area (Å²) in [5.74, 6) is -0.384. The Bertz CT molecular complexity index is 375. The number of hydrogen-bond donors (Lipinski definition) is 0. The van der Waals surface area contributed by atoms with Crippen LogP contribution in [0.4, 0.5) is 4.39 Å². The van der Waals surface area contributed by atoms with Crippen LogP contribution in [0, 0.1) is 23.1 Å². The molecule has 1 aromatic carbocycles. The first kappa shape index (κ1) is 11.8. The number of halogens is 2. The largest absolute Gasteiger partial charge is 0.494 e. The highest BCUT2D eigenvalue weighted by Gasteiger charge is 2.13. The summed E-state index contributed by atoms with van der Waals surface area (Å²) in [6.07, 6.45) is 0.309. The van der Waals surface area contributed by atoms with Crippen LogP contribution < -0.4 is 4.74 Å². The standard InChI is InChI=1S/C11H11ClFNO/c1-15-10-4-2-3-9(11(10)13)5-8(6-12)7-14/h2-4,8H,5-6H2,1H3. The van der Waals surface area contributed by atoms with Crippen molar-refractivity contribution in [3.63, 3.8) is 0 Å². The fraction of sp³-hybridized carbons (Fsp3) is 0.364. The quantitative estimate of drug-likeness (QED) is 0.741. The van der Waals surface area contributed by atoms with Crippen LogP contribution in [-0.4, -0.2) is 13.0 Å². The van der Waals surface area contributed by atoms with E-state index in [-0.39, 0.29) is 17.5 Å². The summed E-state index contributed by atoms with van der Waals surface area (Å²) in [5, 5.41) is 8.72. The molecule has 0 bridgehead atoms. The van der Waals surface area contributed by atoms with Crippen LogP contribution >= 0.6 is 11.6 Å². The molecule has 0 aromatic heterocycles. The molecule has 0 saturated carbocycles. The minimum absolute atomic E-state index is 0.193. The Morgan fingerprint density at radius 3 is 2.87 bits per heavy atom. The number of alkyl halides is 1. The van der Waals surface area contributed by atoms with Crippen molar-refractivity contribution in [1.82, 2.24) is 0 Å². The highest BCUT2D eigenvalue weighted by molar-refractivity contribution is 6.18. The Morgan fingerprint density at radius 2 is 2.33 bits per heavy atom. The molecule has 0 radical (unpaired) electrons. The highest BCUT2D eigenvalue weighted by Crippen LogP contribution is 2.22. The maximum atomic E-state index is 13.6. The minimum Gasteiger partial charge on any atom is -0.494 e. The highest BCUT2D eigenvalue weighted by atomic mass is 35.5. The average Bonchev–Trinajstić information content (AvgIpc) is 2.28. The maximum absolute atomic E-state index is 13.6. The third-order valence-corrected chi connectivity index (χ3v) is 2.47. The summed E-state index contributed by atoms with van der Waals surface area (Å²) in [5.41, 5.74) is 0.460. The average molecular weight is 228 g/mol. The first-order chi connectivity index (χ1) is 7.22. The molecule has 2 nitrogen and oxygen atoms in total. The molecule has 0 aliphatic carbocycles. The number of methoxy groups -OCH3 is 1. The summed E-state index contributed by atoms with van der Waals surface area (Å²) in [6.45, 7) is 0. The van der Waals surface area contributed by atoms with E-state index in [2.05, 4.69) is 0 Å². The van der Waals surface area contributed by atoms with Gasteiger partial charge >= 0.3 is 0 Å². The molecular formula is C11H11ClFNO. The SMILES string of the molecule is COc1cccc(CC(C#N)CCl)c1F. The Labute approximate surface area is 93.2 Å². The summed E-state index contributed by atoms with van der Waals surface area (Å²) < 4.78 is 18.5. The molecule has 4 heteroatoms. The van der Waals surface area contributed by atoms with E-state index in [9.17, 15) is 4.39 Å². The number of ether oxygens (including phenoxy) is 1. The molecule has 1 aromatic rings. The second-order valence-electron chi connectivity index (χ2n) is 3.12. The van der Waals surface area contributed by atoms with Gasteiger partial charge in [0.1, 0.15) is 0 Å². The van der Waals surface area contributed by atoms with Crippen LogP contribution in [0.25, 0.3) is 0 Å². The number of nitrogens with zero attached hydrogens (tertiary/aromatic N) is 1. The Balaban J connectivity index is 2.91. The third kappa shape index (κ3) is 2.84. The van der Waals surface area contributed by atoms with Crippen molar-refractivity contribution in [3.8, 4) is 11.8 Å². The predicted octanol–water partition coefficient (Wildman–Crippen LogP) is 2.76. The molecule has 0 fully saturated rings. The van der Waals surface area contributed by atoms with Crippen LogP contribution in [0.15, 0.2) is 18.2 Å². The van der Waals surface area contributed by atoms with E-state index in [1.165, 1.54) is 7.11 Å². The number of benzene rings is 1. The van der Waals surface area contributed by atoms with Gasteiger partial charge in [-0.05, 0) is 18.1 Å². The molecule has 0 aliphatic rings. The van der Waals surface area contributed by atoms with Gasteiger partial charge in [0.25, 0.3) is 0 Å². The molecule has 0 N–H and O–H groups in total. The Kier molecular flexibility index (Phi) is 4.38. The zero-order chi connectivity index (χ0) is 11.3. The molecule has 1 atom stereocenters. The maximum Gasteiger partial charge on any atom is 0.168 e. The number of hydrogen-bond acceptors (Lipinski definition) is 2. The van der Waals surface area contributed by atoms with Crippen molar-refractivity contribution in [2.24, 2.45) is 5.92 Å². The summed E-state index contributed by atoms with van der Waals surface area (Å²) >= 11 is 5.57. The fourth-order valence-corrected chi connectivity index (χ4v) is 1.45. The predicted molar refractivity (Wildman–Crippen MR) is 56.5 cm³/mol. The normalized spacial score (nSPS) is 11.9. The molecule has 1 rings (SSSR count).